The fraction of sp³-hybridized carbons (Fsp3) is 0.391. The highest BCUT2D eigenvalue weighted by Gasteiger charge is 2.09. The van der Waals surface area contributed by atoms with Crippen molar-refractivity contribution >= 4 is 29.5 Å². The monoisotopic (exact) mass is 310 g/mol. The molecule has 2 aromatic carbocycles. The molecule has 126 valence electrons. The van der Waals surface area contributed by atoms with Crippen LogP contribution in [-0.2, 0) is 6.42 Å². The zero-order valence-electron chi connectivity index (χ0n) is 16.2. The summed E-state index contributed by atoms with van der Waals surface area (Å²) in [5.41, 5.74) is 2.75. The fourth-order valence-electron chi connectivity index (χ4n) is 2.77. The molecule has 0 radical (unpaired) electrons. The number of hydrogen-bond donors (Lipinski definition) is 0. The molecular formula is C23H34. The van der Waals surface area contributed by atoms with E-state index in [0.29, 0.717) is 0 Å². The topological polar surface area (TPSA) is 0 Å². The number of benzene rings is 2. The van der Waals surface area contributed by atoms with Crippen molar-refractivity contribution in [1.82, 2.24) is 0 Å². The maximum absolute atomic E-state index is 4.18. The van der Waals surface area contributed by atoms with Crippen molar-refractivity contribution in [2.24, 2.45) is 0 Å². The second kappa shape index (κ2) is 11.7. The first kappa shape index (κ1) is 21.2. The van der Waals surface area contributed by atoms with Gasteiger partial charge in [-0.1, -0.05) is 90.6 Å². The molecule has 0 fully saturated rings. The molecule has 0 bridgehead atoms. The van der Waals surface area contributed by atoms with Crippen LogP contribution in [0.2, 0.25) is 0 Å². The second-order valence-corrected chi connectivity index (χ2v) is 4.62. The van der Waals surface area contributed by atoms with Crippen molar-refractivity contribution in [3.8, 4) is 0 Å². The Morgan fingerprint density at radius 2 is 1.52 bits per heavy atom. The standard InChI is InChI=1S/C17H16.3C2H6/c1-3-5-13-10-11-15-7-4-6-14-9-8-12(2)16(13)17(14)15;3*1-2/h3,5,7-11H,2,4,6H2,1H3;3*1-2H3/b5-3-;;;. The van der Waals surface area contributed by atoms with Gasteiger partial charge in [0, 0.05) is 0 Å². The van der Waals surface area contributed by atoms with Gasteiger partial charge in [-0.3, -0.25) is 0 Å². The number of aryl methyl sites for hydroxylation is 1. The minimum atomic E-state index is 1.13. The molecule has 0 nitrogen and oxygen atoms in total. The minimum absolute atomic E-state index is 1.13. The molecule has 1 aliphatic carbocycles. The molecule has 0 atom stereocenters. The first-order valence-corrected chi connectivity index (χ1v) is 9.17. The van der Waals surface area contributed by atoms with Crippen molar-refractivity contribution in [3.63, 3.8) is 0 Å². The van der Waals surface area contributed by atoms with Gasteiger partial charge < -0.3 is 0 Å². The first-order valence-electron chi connectivity index (χ1n) is 9.17. The van der Waals surface area contributed by atoms with E-state index < -0.39 is 0 Å². The van der Waals surface area contributed by atoms with Crippen molar-refractivity contribution in [1.29, 1.82) is 0 Å². The Labute approximate surface area is 143 Å². The van der Waals surface area contributed by atoms with Crippen LogP contribution in [-0.4, -0.2) is 0 Å². The average Bonchev–Trinajstić information content (AvgIpc) is 2.64. The van der Waals surface area contributed by atoms with Crippen LogP contribution in [0.5, 0.6) is 0 Å². The molecule has 0 aromatic heterocycles. The van der Waals surface area contributed by atoms with E-state index in [-0.39, 0.29) is 0 Å². The molecule has 23 heavy (non-hydrogen) atoms. The summed E-state index contributed by atoms with van der Waals surface area (Å²) in [5.74, 6) is 0. The third-order valence-corrected chi connectivity index (χ3v) is 3.52. The SMILES string of the molecule is C=c1ccc2c3c(ccc(/C=C\C)c13)=CCC2.CC.CC.CC. The van der Waals surface area contributed by atoms with Crippen molar-refractivity contribution in [2.75, 3.05) is 0 Å². The van der Waals surface area contributed by atoms with Gasteiger partial charge in [-0.05, 0) is 52.1 Å². The van der Waals surface area contributed by atoms with Crippen LogP contribution in [0.4, 0.5) is 0 Å². The third-order valence-electron chi connectivity index (χ3n) is 3.52. The number of hydrogen-bond acceptors (Lipinski definition) is 0. The van der Waals surface area contributed by atoms with Crippen LogP contribution >= 0.6 is 0 Å². The molecule has 1 aliphatic rings. The average molecular weight is 311 g/mol. The highest BCUT2D eigenvalue weighted by atomic mass is 14.1. The fourth-order valence-corrected chi connectivity index (χ4v) is 2.77. The Balaban J connectivity index is 0.000000728. The van der Waals surface area contributed by atoms with Gasteiger partial charge in [-0.25, -0.2) is 0 Å². The molecule has 0 spiro atoms. The Hall–Kier alpha value is -1.82. The minimum Gasteiger partial charge on any atom is -0.0911 e. The van der Waals surface area contributed by atoms with Crippen LogP contribution in [0.15, 0.2) is 30.3 Å². The molecule has 0 amide bonds. The van der Waals surface area contributed by atoms with Gasteiger partial charge in [-0.15, -0.1) is 0 Å². The quantitative estimate of drug-likeness (QED) is 0.598. The van der Waals surface area contributed by atoms with Gasteiger partial charge in [0.1, 0.15) is 0 Å². The highest BCUT2D eigenvalue weighted by Crippen LogP contribution is 2.21. The van der Waals surface area contributed by atoms with Gasteiger partial charge in [0.05, 0.1) is 0 Å². The summed E-state index contributed by atoms with van der Waals surface area (Å²) in [4.78, 5) is 0. The van der Waals surface area contributed by atoms with Gasteiger partial charge in [0.2, 0.25) is 0 Å². The van der Waals surface area contributed by atoms with Crippen molar-refractivity contribution in [3.05, 3.63) is 51.9 Å². The van der Waals surface area contributed by atoms with Gasteiger partial charge in [-0.2, -0.15) is 0 Å². The first-order chi connectivity index (χ1) is 11.3. The Kier molecular flexibility index (Phi) is 10.8. The van der Waals surface area contributed by atoms with Gasteiger partial charge >= 0.3 is 0 Å². The van der Waals surface area contributed by atoms with Gasteiger partial charge in [0.15, 0.2) is 0 Å². The summed E-state index contributed by atoms with van der Waals surface area (Å²) in [6.07, 6.45) is 8.92. The van der Waals surface area contributed by atoms with Crippen LogP contribution in [0, 0.1) is 0 Å². The van der Waals surface area contributed by atoms with E-state index >= 15 is 0 Å². The lowest BCUT2D eigenvalue weighted by Gasteiger charge is -2.13. The molecule has 0 saturated carbocycles. The Bertz CT molecular complexity index is 718. The molecule has 3 rings (SSSR count). The summed E-state index contributed by atoms with van der Waals surface area (Å²) < 4.78 is 0. The van der Waals surface area contributed by atoms with E-state index in [1.807, 2.05) is 41.5 Å². The zero-order valence-corrected chi connectivity index (χ0v) is 16.2. The van der Waals surface area contributed by atoms with E-state index in [1.54, 1.807) is 0 Å². The molecule has 2 aromatic rings. The van der Waals surface area contributed by atoms with Crippen LogP contribution in [0.3, 0.4) is 0 Å². The summed E-state index contributed by atoms with van der Waals surface area (Å²) in [6.45, 7) is 18.2. The predicted octanol–water partition coefficient (Wildman–Crippen LogP) is 6.09. The maximum atomic E-state index is 4.18. The molecule has 0 N–H and O–H groups in total. The lowest BCUT2D eigenvalue weighted by atomic mass is 9.91. The van der Waals surface area contributed by atoms with Crippen LogP contribution in [0.1, 0.15) is 66.0 Å². The summed E-state index contributed by atoms with van der Waals surface area (Å²) >= 11 is 0. The normalized spacial score (nSPS) is 11.3. The van der Waals surface area contributed by atoms with Crippen LogP contribution in [0.25, 0.3) is 29.5 Å². The Morgan fingerprint density at radius 1 is 0.870 bits per heavy atom. The molecular weight excluding hydrogens is 276 g/mol. The van der Waals surface area contributed by atoms with E-state index in [4.69, 9.17) is 0 Å². The lowest BCUT2D eigenvalue weighted by Crippen LogP contribution is -2.15. The van der Waals surface area contributed by atoms with Gasteiger partial charge in [0.25, 0.3) is 0 Å². The molecule has 0 heterocycles. The highest BCUT2D eigenvalue weighted by molar-refractivity contribution is 5.94. The van der Waals surface area contributed by atoms with E-state index in [2.05, 4.69) is 56.0 Å². The molecule has 0 heteroatoms. The van der Waals surface area contributed by atoms with E-state index in [0.717, 1.165) is 18.1 Å². The number of rotatable bonds is 1. The van der Waals surface area contributed by atoms with E-state index in [1.165, 1.54) is 27.1 Å². The maximum Gasteiger partial charge on any atom is -0.00362 e. The molecule has 0 aliphatic heterocycles. The predicted molar refractivity (Wildman–Crippen MR) is 110 cm³/mol. The van der Waals surface area contributed by atoms with E-state index in [9.17, 15) is 0 Å². The lowest BCUT2D eigenvalue weighted by molar-refractivity contribution is 1.03. The van der Waals surface area contributed by atoms with Crippen molar-refractivity contribution < 1.29 is 0 Å². The third kappa shape index (κ3) is 4.82. The summed E-state index contributed by atoms with van der Waals surface area (Å²) in [5, 5.41) is 5.25. The molecule has 0 saturated heterocycles. The second-order valence-electron chi connectivity index (χ2n) is 4.62. The smallest absolute Gasteiger partial charge is 0.00362 e. The van der Waals surface area contributed by atoms with Crippen molar-refractivity contribution in [2.45, 2.75) is 61.3 Å². The number of allylic oxidation sites excluding steroid dienone is 1. The zero-order chi connectivity index (χ0) is 17.8. The largest absolute Gasteiger partial charge is 0.0911 e. The Morgan fingerprint density at radius 3 is 2.13 bits per heavy atom. The molecule has 0 unspecified atom stereocenters. The summed E-state index contributed by atoms with van der Waals surface area (Å²) in [7, 11) is 0. The van der Waals surface area contributed by atoms with Crippen LogP contribution < -0.4 is 10.4 Å². The summed E-state index contributed by atoms with van der Waals surface area (Å²) in [6, 6.07) is 8.83.